The first kappa shape index (κ1) is 21.1. The minimum Gasteiger partial charge on any atom is -0.449 e. The maximum absolute atomic E-state index is 12.9. The molecule has 9 heteroatoms. The number of allylic oxidation sites excluding steroid dienone is 1. The van der Waals surface area contributed by atoms with Crippen molar-refractivity contribution in [1.82, 2.24) is 4.31 Å². The molecule has 0 saturated carbocycles. The Labute approximate surface area is 159 Å². The zero-order chi connectivity index (χ0) is 20.0. The fourth-order valence-corrected chi connectivity index (χ4v) is 4.19. The van der Waals surface area contributed by atoms with Crippen LogP contribution in [0.1, 0.15) is 19.4 Å². The van der Waals surface area contributed by atoms with Crippen molar-refractivity contribution in [3.05, 3.63) is 35.9 Å². The van der Waals surface area contributed by atoms with E-state index in [4.69, 9.17) is 9.47 Å². The van der Waals surface area contributed by atoms with E-state index in [2.05, 4.69) is 5.32 Å². The molecule has 0 unspecified atom stereocenters. The van der Waals surface area contributed by atoms with Crippen LogP contribution in [0.5, 0.6) is 0 Å². The molecule has 1 aliphatic heterocycles. The summed E-state index contributed by atoms with van der Waals surface area (Å²) in [5.41, 5.74) is 0.887. The quantitative estimate of drug-likeness (QED) is 0.577. The third-order valence-electron chi connectivity index (χ3n) is 4.01. The van der Waals surface area contributed by atoms with E-state index in [0.29, 0.717) is 24.5 Å². The molecule has 1 fully saturated rings. The summed E-state index contributed by atoms with van der Waals surface area (Å²) in [5.74, 6) is -1.17. The van der Waals surface area contributed by atoms with Crippen LogP contribution in [0, 0.1) is 6.92 Å². The number of sulfonamides is 1. The van der Waals surface area contributed by atoms with Crippen molar-refractivity contribution in [3.8, 4) is 0 Å². The average molecular weight is 396 g/mol. The van der Waals surface area contributed by atoms with Crippen molar-refractivity contribution >= 4 is 27.6 Å². The highest BCUT2D eigenvalue weighted by Crippen LogP contribution is 2.24. The first-order valence-electron chi connectivity index (χ1n) is 8.58. The van der Waals surface area contributed by atoms with Crippen molar-refractivity contribution in [1.29, 1.82) is 0 Å². The largest absolute Gasteiger partial charge is 0.449 e. The van der Waals surface area contributed by atoms with E-state index >= 15 is 0 Å². The number of rotatable bonds is 6. The molecule has 0 bridgehead atoms. The first-order valence-corrected chi connectivity index (χ1v) is 10.0. The number of benzene rings is 1. The van der Waals surface area contributed by atoms with Gasteiger partial charge in [0.1, 0.15) is 0 Å². The Morgan fingerprint density at radius 1 is 1.30 bits per heavy atom. The number of esters is 1. The van der Waals surface area contributed by atoms with Gasteiger partial charge in [0.25, 0.3) is 5.91 Å². The fourth-order valence-electron chi connectivity index (χ4n) is 2.53. The predicted molar refractivity (Wildman–Crippen MR) is 99.8 cm³/mol. The molecule has 0 spiro atoms. The number of carbonyl (C=O) groups is 2. The Balaban J connectivity index is 2.17. The van der Waals surface area contributed by atoms with Gasteiger partial charge in [-0.1, -0.05) is 12.1 Å². The molecule has 1 aromatic rings. The third kappa shape index (κ3) is 5.38. The van der Waals surface area contributed by atoms with Crippen molar-refractivity contribution in [2.24, 2.45) is 0 Å². The Bertz CT molecular complexity index is 828. The number of anilines is 1. The topological polar surface area (TPSA) is 102 Å². The molecule has 1 saturated heterocycles. The van der Waals surface area contributed by atoms with Crippen LogP contribution in [0.4, 0.5) is 5.69 Å². The number of carbonyl (C=O) groups excluding carboxylic acids is 2. The standard InChI is InChI=1S/C18H24N2O6S/c1-4-5-17(21)26-14(3)18(22)19-15-7-6-13(2)16(12-15)27(23,24)20-8-10-25-11-9-20/h4-7,12,14H,8-11H2,1-3H3,(H,19,22)/b5-4+/t14-/m0/s1. The molecule has 1 amide bonds. The molecule has 1 atom stereocenters. The van der Waals surface area contributed by atoms with Gasteiger partial charge in [-0.15, -0.1) is 0 Å². The molecule has 2 rings (SSSR count). The molecular formula is C18H24N2O6S. The van der Waals surface area contributed by atoms with E-state index in [1.54, 1.807) is 26.0 Å². The summed E-state index contributed by atoms with van der Waals surface area (Å²) >= 11 is 0. The lowest BCUT2D eigenvalue weighted by Crippen LogP contribution is -2.40. The van der Waals surface area contributed by atoms with E-state index in [1.807, 2.05) is 0 Å². The number of nitrogens with one attached hydrogen (secondary N) is 1. The summed E-state index contributed by atoms with van der Waals surface area (Å²) < 4.78 is 37.3. The second-order valence-electron chi connectivity index (χ2n) is 6.07. The number of amides is 1. The van der Waals surface area contributed by atoms with Crippen molar-refractivity contribution in [2.45, 2.75) is 31.8 Å². The van der Waals surface area contributed by atoms with Crippen LogP contribution < -0.4 is 5.32 Å². The molecule has 148 valence electrons. The Kier molecular flexibility index (Phi) is 7.11. The minimum absolute atomic E-state index is 0.126. The monoisotopic (exact) mass is 396 g/mol. The molecular weight excluding hydrogens is 372 g/mol. The van der Waals surface area contributed by atoms with E-state index in [-0.39, 0.29) is 18.0 Å². The van der Waals surface area contributed by atoms with Gasteiger partial charge in [-0.3, -0.25) is 4.79 Å². The number of nitrogens with zero attached hydrogens (tertiary/aromatic N) is 1. The van der Waals surface area contributed by atoms with Crippen LogP contribution in [0.2, 0.25) is 0 Å². The van der Waals surface area contributed by atoms with Gasteiger partial charge < -0.3 is 14.8 Å². The van der Waals surface area contributed by atoms with E-state index < -0.39 is 28.0 Å². The molecule has 27 heavy (non-hydrogen) atoms. The zero-order valence-corrected chi connectivity index (χ0v) is 16.4. The van der Waals surface area contributed by atoms with Gasteiger partial charge in [0.2, 0.25) is 10.0 Å². The Morgan fingerprint density at radius 2 is 1.96 bits per heavy atom. The average Bonchev–Trinajstić information content (AvgIpc) is 2.64. The number of hydrogen-bond donors (Lipinski definition) is 1. The summed E-state index contributed by atoms with van der Waals surface area (Å²) in [6.07, 6.45) is 1.70. The molecule has 1 heterocycles. The maximum atomic E-state index is 12.9. The summed E-state index contributed by atoms with van der Waals surface area (Å²) in [7, 11) is -3.69. The van der Waals surface area contributed by atoms with E-state index in [1.165, 1.54) is 29.4 Å². The lowest BCUT2D eigenvalue weighted by molar-refractivity contribution is -0.148. The number of ether oxygens (including phenoxy) is 2. The van der Waals surface area contributed by atoms with Gasteiger partial charge in [0, 0.05) is 24.9 Å². The van der Waals surface area contributed by atoms with Gasteiger partial charge in [0.15, 0.2) is 6.10 Å². The minimum atomic E-state index is -3.69. The first-order chi connectivity index (χ1) is 12.8. The van der Waals surface area contributed by atoms with Crippen molar-refractivity contribution < 1.29 is 27.5 Å². The van der Waals surface area contributed by atoms with Crippen molar-refractivity contribution in [3.63, 3.8) is 0 Å². The predicted octanol–water partition coefficient (Wildman–Crippen LogP) is 1.46. The molecule has 1 N–H and O–H groups in total. The fraction of sp³-hybridized carbons (Fsp3) is 0.444. The molecule has 0 aliphatic carbocycles. The normalized spacial score (nSPS) is 16.9. The SMILES string of the molecule is C/C=C/C(=O)O[C@@H](C)C(=O)Nc1ccc(C)c(S(=O)(=O)N2CCOCC2)c1. The zero-order valence-electron chi connectivity index (χ0n) is 15.6. The van der Waals surface area contributed by atoms with Crippen LogP contribution in [0.15, 0.2) is 35.2 Å². The van der Waals surface area contributed by atoms with E-state index in [0.717, 1.165) is 0 Å². The summed E-state index contributed by atoms with van der Waals surface area (Å²) in [4.78, 5) is 23.8. The summed E-state index contributed by atoms with van der Waals surface area (Å²) in [6.45, 7) is 6.08. The number of aryl methyl sites for hydroxylation is 1. The molecule has 1 aromatic carbocycles. The third-order valence-corrected chi connectivity index (χ3v) is 6.05. The highest BCUT2D eigenvalue weighted by molar-refractivity contribution is 7.89. The van der Waals surface area contributed by atoms with E-state index in [9.17, 15) is 18.0 Å². The lowest BCUT2D eigenvalue weighted by atomic mass is 10.2. The van der Waals surface area contributed by atoms with Crippen LogP contribution in [-0.4, -0.2) is 57.0 Å². The highest BCUT2D eigenvalue weighted by Gasteiger charge is 2.28. The van der Waals surface area contributed by atoms with Gasteiger partial charge in [-0.25, -0.2) is 13.2 Å². The van der Waals surface area contributed by atoms with Gasteiger partial charge >= 0.3 is 5.97 Å². The maximum Gasteiger partial charge on any atom is 0.331 e. The number of hydrogen-bond acceptors (Lipinski definition) is 6. The van der Waals surface area contributed by atoms with Gasteiger partial charge in [-0.2, -0.15) is 4.31 Å². The smallest absolute Gasteiger partial charge is 0.331 e. The molecule has 8 nitrogen and oxygen atoms in total. The van der Waals surface area contributed by atoms with Crippen LogP contribution in [0.3, 0.4) is 0 Å². The Hall–Kier alpha value is -2.23. The van der Waals surface area contributed by atoms with Gasteiger partial charge in [-0.05, 0) is 38.5 Å². The highest BCUT2D eigenvalue weighted by atomic mass is 32.2. The van der Waals surface area contributed by atoms with Crippen LogP contribution >= 0.6 is 0 Å². The van der Waals surface area contributed by atoms with Crippen LogP contribution in [0.25, 0.3) is 0 Å². The second kappa shape index (κ2) is 9.12. The summed E-state index contributed by atoms with van der Waals surface area (Å²) in [6, 6.07) is 4.64. The lowest BCUT2D eigenvalue weighted by Gasteiger charge is -2.27. The van der Waals surface area contributed by atoms with Crippen molar-refractivity contribution in [2.75, 3.05) is 31.6 Å². The second-order valence-corrected chi connectivity index (χ2v) is 7.97. The Morgan fingerprint density at radius 3 is 2.59 bits per heavy atom. The summed E-state index contributed by atoms with van der Waals surface area (Å²) in [5, 5.41) is 2.58. The molecule has 0 aromatic heterocycles. The van der Waals surface area contributed by atoms with Gasteiger partial charge in [0.05, 0.1) is 18.1 Å². The number of morpholine rings is 1. The van der Waals surface area contributed by atoms with Crippen LogP contribution in [-0.2, 0) is 29.1 Å². The molecule has 1 aliphatic rings. The molecule has 0 radical (unpaired) electrons.